The van der Waals surface area contributed by atoms with Gasteiger partial charge in [-0.15, -0.1) is 0 Å². The minimum atomic E-state index is -4.60. The van der Waals surface area contributed by atoms with Crippen LogP contribution in [0.1, 0.15) is 102 Å². The van der Waals surface area contributed by atoms with Crippen LogP contribution in [0.5, 0.6) is 0 Å². The van der Waals surface area contributed by atoms with Crippen LogP contribution in [0, 0.1) is 29.1 Å². The van der Waals surface area contributed by atoms with Crippen molar-refractivity contribution >= 4 is 85.1 Å². The first-order valence-electron chi connectivity index (χ1n) is 25.6. The Hall–Kier alpha value is -3.22. The summed E-state index contributed by atoms with van der Waals surface area (Å²) in [5.74, 6) is 11.5. The Balaban J connectivity index is 0.00000740. The van der Waals surface area contributed by atoms with E-state index in [4.69, 9.17) is 9.98 Å². The van der Waals surface area contributed by atoms with E-state index < -0.39 is 84.0 Å². The van der Waals surface area contributed by atoms with Crippen LogP contribution >= 0.6 is 0 Å². The summed E-state index contributed by atoms with van der Waals surface area (Å²) >= 11 is 0. The van der Waals surface area contributed by atoms with Crippen LogP contribution in [0.3, 0.4) is 0 Å². The molecule has 3 aliphatic rings. The van der Waals surface area contributed by atoms with E-state index in [2.05, 4.69) is 23.7 Å². The van der Waals surface area contributed by atoms with Crippen LogP contribution in [-0.2, 0) is 67.2 Å². The number of nitrogens with zero attached hydrogens (tertiary/aromatic N) is 6. The summed E-state index contributed by atoms with van der Waals surface area (Å²) in [6, 6.07) is 14.5. The van der Waals surface area contributed by atoms with Gasteiger partial charge in [0.2, 0.25) is 20.0 Å². The van der Waals surface area contributed by atoms with Gasteiger partial charge in [-0.25, -0.2) is 51.6 Å². The van der Waals surface area contributed by atoms with E-state index in [1.54, 1.807) is 47.5 Å². The van der Waals surface area contributed by atoms with Crippen molar-refractivity contribution in [2.24, 2.45) is 15.4 Å². The number of aryl methyl sites for hydroxylation is 1. The third-order valence-corrected chi connectivity index (χ3v) is 18.9. The number of hydrogen-bond donors (Lipinski definition) is 1. The predicted molar refractivity (Wildman–Crippen MR) is 306 cm³/mol. The van der Waals surface area contributed by atoms with E-state index in [1.807, 2.05) is 68.8 Å². The molecule has 0 radical (unpaired) electrons. The van der Waals surface area contributed by atoms with Crippen LogP contribution in [0.2, 0.25) is 0 Å². The Kier molecular flexibility index (Phi) is 25.8. The van der Waals surface area contributed by atoms with E-state index >= 15 is 0 Å². The monoisotopic (exact) mass is 1290 g/mol. The molecule has 21 nitrogen and oxygen atoms in total. The van der Waals surface area contributed by atoms with E-state index in [-0.39, 0.29) is 159 Å². The van der Waals surface area contributed by atoms with Gasteiger partial charge < -0.3 is 23.7 Å². The van der Waals surface area contributed by atoms with Crippen molar-refractivity contribution in [1.82, 2.24) is 4.90 Å². The molecule has 83 heavy (non-hydrogen) atoms. The van der Waals surface area contributed by atoms with Gasteiger partial charge in [-0.05, 0) is 137 Å². The molecule has 1 aromatic heterocycles. The van der Waals surface area contributed by atoms with Crippen LogP contribution in [0.25, 0.3) is 0 Å². The van der Waals surface area contributed by atoms with Crippen molar-refractivity contribution in [3.05, 3.63) is 130 Å². The van der Waals surface area contributed by atoms with E-state index in [9.17, 15) is 65.6 Å². The van der Waals surface area contributed by atoms with Crippen LogP contribution in [-0.4, -0.2) is 132 Å². The molecule has 0 saturated heterocycles. The SMILES string of the molecule is CC(CCN1C=C(C#Cc2ccc(N(CCCS(=O)(=O)[O-])S(C)(=O)=O)cc2)C=C2C1=N/C(=C\C=C\C1=Nc3c(cc(C#Cc4ccc(N(CCCS(=O)(=O)[O-])S(C)(=O)=O)cc4)c[n+]3CCCCCC(=O)O)C1(C)C)C2(C)C)S(=O)(=O)[O-].[K+].[K+]. The van der Waals surface area contributed by atoms with Crippen molar-refractivity contribution in [2.45, 2.75) is 96.8 Å². The third-order valence-electron chi connectivity index (χ3n) is 13.7. The summed E-state index contributed by atoms with van der Waals surface area (Å²) in [4.78, 5) is 23.2. The Bertz CT molecular complexity index is 3860. The quantitative estimate of drug-likeness (QED) is 0.0376. The molecule has 0 spiro atoms. The molecule has 6 rings (SSSR count). The Morgan fingerprint density at radius 2 is 1.24 bits per heavy atom. The van der Waals surface area contributed by atoms with Gasteiger partial charge in [-0.3, -0.25) is 13.4 Å². The third kappa shape index (κ3) is 20.7. The molecular formula is C55H64K2N6O15S5. The van der Waals surface area contributed by atoms with Gasteiger partial charge in [-0.1, -0.05) is 43.6 Å². The summed E-state index contributed by atoms with van der Waals surface area (Å²) < 4.78 is 157. The standard InChI is InChI=1S/C55H66N6O15S5.2K/c1-40(81(74,75)76)29-33-59-39-44(20-18-42-23-27-46(28-24-42)61(78(7,66)67)32-13-35-80(71,72)73)37-48-53(59)57-50(55(48,4)5)15-11-14-49-54(2,3)47-36-43(38-58(52(47)56-49)30-10-8-9-16-51(62)63)19-17-41-21-25-45(26-22-41)60(77(6,64)65)31-12-34-79(68,69)70;;/h11,14-15,21-28,36-40H,8-10,12-13,16,29-35H2,1-7H3,(H3-,62,63,68,69,70,71,72,73,74,75,76);;/q;2*+1/p-2. The van der Waals surface area contributed by atoms with Gasteiger partial charge in [0.1, 0.15) is 12.0 Å². The van der Waals surface area contributed by atoms with Gasteiger partial charge in [0.25, 0.3) is 0 Å². The molecule has 0 fully saturated rings. The number of carbonyl (C=O) groups is 1. The molecule has 3 aliphatic heterocycles. The number of sulfonamides is 2. The molecule has 1 N–H and O–H groups in total. The number of hydrogen-bond acceptors (Lipinski definition) is 17. The number of rotatable bonds is 24. The van der Waals surface area contributed by atoms with Crippen LogP contribution < -0.4 is 116 Å². The fourth-order valence-corrected chi connectivity index (χ4v) is 12.4. The zero-order valence-electron chi connectivity index (χ0n) is 47.8. The summed E-state index contributed by atoms with van der Waals surface area (Å²) in [6.07, 6.45) is 14.5. The van der Waals surface area contributed by atoms with Crippen molar-refractivity contribution in [3.63, 3.8) is 0 Å². The Labute approximate surface area is 573 Å². The zero-order chi connectivity index (χ0) is 59.9. The van der Waals surface area contributed by atoms with Gasteiger partial charge in [-0.2, -0.15) is 0 Å². The van der Waals surface area contributed by atoms with Crippen molar-refractivity contribution in [3.8, 4) is 23.7 Å². The largest absolute Gasteiger partial charge is 1.00 e. The van der Waals surface area contributed by atoms with E-state index in [0.29, 0.717) is 65.4 Å². The molecule has 28 heteroatoms. The van der Waals surface area contributed by atoms with Crippen LogP contribution in [0.4, 0.5) is 17.2 Å². The number of benzene rings is 2. The zero-order valence-corrected chi connectivity index (χ0v) is 58.1. The minimum Gasteiger partial charge on any atom is -0.748 e. The number of carboxylic acids is 1. The number of anilines is 2. The molecule has 0 saturated carbocycles. The Morgan fingerprint density at radius 3 is 1.73 bits per heavy atom. The van der Waals surface area contributed by atoms with Gasteiger partial charge in [0.15, 0.2) is 5.71 Å². The second kappa shape index (κ2) is 29.7. The fraction of sp³-hybridized carbons (Fsp3) is 0.418. The normalized spacial score (nSPS) is 16.3. The number of amidine groups is 1. The van der Waals surface area contributed by atoms with E-state index in [0.717, 1.165) is 38.0 Å². The topological polar surface area (TPSA) is 315 Å². The first kappa shape index (κ1) is 72.3. The number of allylic oxidation sites excluding steroid dienone is 6. The fourth-order valence-electron chi connectivity index (χ4n) is 9.09. The summed E-state index contributed by atoms with van der Waals surface area (Å²) in [5.41, 5.74) is 4.44. The predicted octanol–water partition coefficient (Wildman–Crippen LogP) is -0.827. The van der Waals surface area contributed by atoms with Crippen molar-refractivity contribution in [2.75, 3.05) is 52.3 Å². The molecule has 436 valence electrons. The first-order valence-corrected chi connectivity index (χ1v) is 33.9. The maximum atomic E-state index is 12.6. The smallest absolute Gasteiger partial charge is 0.748 e. The summed E-state index contributed by atoms with van der Waals surface area (Å²) in [6.45, 7) is 9.56. The number of pyridine rings is 1. The van der Waals surface area contributed by atoms with Crippen LogP contribution in [0.15, 0.2) is 118 Å². The maximum Gasteiger partial charge on any atom is 1.00 e. The average molecular weight is 1290 g/mol. The van der Waals surface area contributed by atoms with E-state index in [1.165, 1.54) is 19.1 Å². The van der Waals surface area contributed by atoms with Gasteiger partial charge >= 0.3 is 115 Å². The first-order chi connectivity index (χ1) is 37.5. The number of unbranched alkanes of at least 4 members (excludes halogenated alkanes) is 2. The number of carboxylic acid groups (broad SMARTS) is 1. The summed E-state index contributed by atoms with van der Waals surface area (Å²) in [7, 11) is -21.3. The Morgan fingerprint density at radius 1 is 0.723 bits per heavy atom. The number of aromatic nitrogens is 1. The molecular weight excluding hydrogens is 1220 g/mol. The molecule has 0 aliphatic carbocycles. The number of aliphatic carboxylic acids is 1. The number of aliphatic imine (C=N–C) groups is 2. The molecule has 0 bridgehead atoms. The molecule has 1 unspecified atom stereocenters. The van der Waals surface area contributed by atoms with Crippen molar-refractivity contribution in [1.29, 1.82) is 0 Å². The second-order valence-corrected chi connectivity index (χ2v) is 29.5. The second-order valence-electron chi connectivity index (χ2n) is 20.9. The summed E-state index contributed by atoms with van der Waals surface area (Å²) in [5, 5.41) is 8.02. The minimum absolute atomic E-state index is 0. The molecule has 4 heterocycles. The van der Waals surface area contributed by atoms with Crippen molar-refractivity contribution < 1.29 is 173 Å². The molecule has 1 atom stereocenters. The van der Waals surface area contributed by atoms with Gasteiger partial charge in [0, 0.05) is 76.7 Å². The molecule has 3 aromatic rings. The molecule has 2 aromatic carbocycles. The molecule has 0 amide bonds. The van der Waals surface area contributed by atoms with Gasteiger partial charge in [0.05, 0.1) is 83.0 Å². The maximum absolute atomic E-state index is 12.6. The average Bonchev–Trinajstić information content (AvgIpc) is 3.45. The number of fused-ring (bicyclic) bond motifs is 2.